The van der Waals surface area contributed by atoms with Crippen molar-refractivity contribution in [2.75, 3.05) is 6.54 Å². The molecule has 130 valence electrons. The highest BCUT2D eigenvalue weighted by Crippen LogP contribution is 2.38. The number of carbonyl (C=O) groups is 1. The van der Waals surface area contributed by atoms with E-state index in [1.807, 2.05) is 27.7 Å². The third-order valence-electron chi connectivity index (χ3n) is 4.33. The van der Waals surface area contributed by atoms with Gasteiger partial charge in [0.2, 0.25) is 5.91 Å². The van der Waals surface area contributed by atoms with Crippen LogP contribution >= 0.6 is 0 Å². The van der Waals surface area contributed by atoms with Crippen LogP contribution in [0.5, 0.6) is 0 Å². The van der Waals surface area contributed by atoms with Gasteiger partial charge in [0.1, 0.15) is 11.6 Å². The largest absolute Gasteiger partial charge is 0.492 e. The number of rotatable bonds is 4. The van der Waals surface area contributed by atoms with E-state index in [1.165, 1.54) is 19.1 Å². The Balaban J connectivity index is 2.35. The van der Waals surface area contributed by atoms with Gasteiger partial charge in [0.05, 0.1) is 11.2 Å². The first-order valence-corrected chi connectivity index (χ1v) is 7.77. The van der Waals surface area contributed by atoms with E-state index in [1.54, 1.807) is 6.08 Å². The summed E-state index contributed by atoms with van der Waals surface area (Å²) in [5, 5.41) is 2.67. The summed E-state index contributed by atoms with van der Waals surface area (Å²) in [7, 11) is -0.715. The van der Waals surface area contributed by atoms with Crippen molar-refractivity contribution in [3.05, 3.63) is 40.9 Å². The van der Waals surface area contributed by atoms with Crippen LogP contribution in [0.4, 0.5) is 8.78 Å². The van der Waals surface area contributed by atoms with Crippen LogP contribution in [0.25, 0.3) is 6.08 Å². The van der Waals surface area contributed by atoms with Gasteiger partial charge in [-0.15, -0.1) is 0 Å². The van der Waals surface area contributed by atoms with Crippen molar-refractivity contribution in [3.8, 4) is 0 Å². The summed E-state index contributed by atoms with van der Waals surface area (Å²) in [6.45, 7) is 9.18. The molecule has 1 saturated heterocycles. The fraction of sp³-hybridized carbons (Fsp3) is 0.471. The van der Waals surface area contributed by atoms with Gasteiger partial charge in [-0.2, -0.15) is 0 Å². The highest BCUT2D eigenvalue weighted by molar-refractivity contribution is 6.56. The minimum absolute atomic E-state index is 0.157. The molecule has 1 amide bonds. The van der Waals surface area contributed by atoms with E-state index >= 15 is 0 Å². The van der Waals surface area contributed by atoms with Crippen LogP contribution in [0.3, 0.4) is 0 Å². The molecule has 1 heterocycles. The van der Waals surface area contributed by atoms with E-state index in [0.717, 1.165) is 6.07 Å². The SMILES string of the molecule is CC(=O)NCC(=Cc1cc(F)cc(F)c1)B1OC(C)(C)C(C)(C)O1. The summed E-state index contributed by atoms with van der Waals surface area (Å²) in [6.07, 6.45) is 1.57. The molecule has 2 rings (SSSR count). The van der Waals surface area contributed by atoms with Crippen LogP contribution in [0.1, 0.15) is 40.2 Å². The fourth-order valence-corrected chi connectivity index (χ4v) is 2.30. The summed E-state index contributed by atoms with van der Waals surface area (Å²) < 4.78 is 38.8. The minimum atomic E-state index is -0.715. The predicted octanol–water partition coefficient (Wildman–Crippen LogP) is 3.12. The number of hydrogen-bond donors (Lipinski definition) is 1. The van der Waals surface area contributed by atoms with Gasteiger partial charge in [0, 0.05) is 19.5 Å². The van der Waals surface area contributed by atoms with Crippen LogP contribution in [-0.2, 0) is 14.1 Å². The first-order valence-electron chi connectivity index (χ1n) is 7.77. The molecule has 1 aromatic rings. The van der Waals surface area contributed by atoms with E-state index < -0.39 is 30.0 Å². The molecule has 0 atom stereocenters. The van der Waals surface area contributed by atoms with Crippen molar-refractivity contribution >= 4 is 19.1 Å². The van der Waals surface area contributed by atoms with Crippen molar-refractivity contribution in [2.24, 2.45) is 0 Å². The summed E-state index contributed by atoms with van der Waals surface area (Å²) in [4.78, 5) is 11.2. The molecule has 4 nitrogen and oxygen atoms in total. The lowest BCUT2D eigenvalue weighted by atomic mass is 9.77. The van der Waals surface area contributed by atoms with Crippen molar-refractivity contribution in [3.63, 3.8) is 0 Å². The molecule has 0 radical (unpaired) electrons. The zero-order valence-electron chi connectivity index (χ0n) is 14.6. The Labute approximate surface area is 141 Å². The third-order valence-corrected chi connectivity index (χ3v) is 4.33. The average Bonchev–Trinajstić information content (AvgIpc) is 2.62. The number of benzene rings is 1. The molecular weight excluding hydrogens is 315 g/mol. The zero-order valence-corrected chi connectivity index (χ0v) is 14.6. The van der Waals surface area contributed by atoms with Gasteiger partial charge in [-0.3, -0.25) is 4.79 Å². The van der Waals surface area contributed by atoms with Gasteiger partial charge < -0.3 is 14.6 Å². The molecule has 24 heavy (non-hydrogen) atoms. The first kappa shape index (κ1) is 18.6. The topological polar surface area (TPSA) is 47.6 Å². The summed E-state index contributed by atoms with van der Waals surface area (Å²) >= 11 is 0. The van der Waals surface area contributed by atoms with Crippen LogP contribution in [0.2, 0.25) is 0 Å². The Bertz CT molecular complexity index is 638. The number of carbonyl (C=O) groups excluding carboxylic acids is 1. The van der Waals surface area contributed by atoms with E-state index in [9.17, 15) is 13.6 Å². The van der Waals surface area contributed by atoms with E-state index in [0.29, 0.717) is 11.0 Å². The standard InChI is InChI=1S/C17H22BF2NO3/c1-11(22)21-10-13(6-12-7-14(19)9-15(20)8-12)18-23-16(2,3)17(4,5)24-18/h6-9H,10H2,1-5H3,(H,21,22). The molecule has 1 fully saturated rings. The monoisotopic (exact) mass is 337 g/mol. The van der Waals surface area contributed by atoms with Crippen molar-refractivity contribution < 1.29 is 22.9 Å². The molecule has 0 aliphatic carbocycles. The second kappa shape index (κ2) is 6.65. The van der Waals surface area contributed by atoms with Crippen molar-refractivity contribution in [1.29, 1.82) is 0 Å². The molecule has 0 bridgehead atoms. The highest BCUT2D eigenvalue weighted by atomic mass is 19.1. The second-order valence-electron chi connectivity index (χ2n) is 6.92. The number of halogens is 2. The minimum Gasteiger partial charge on any atom is -0.400 e. The Morgan fingerprint density at radius 1 is 1.12 bits per heavy atom. The van der Waals surface area contributed by atoms with Crippen LogP contribution < -0.4 is 5.32 Å². The van der Waals surface area contributed by atoms with Crippen molar-refractivity contribution in [1.82, 2.24) is 5.32 Å². The molecule has 1 aliphatic heterocycles. The van der Waals surface area contributed by atoms with Crippen molar-refractivity contribution in [2.45, 2.75) is 45.8 Å². The maximum Gasteiger partial charge on any atom is 0.492 e. The Morgan fingerprint density at radius 2 is 1.62 bits per heavy atom. The Hall–Kier alpha value is -1.73. The molecule has 1 N–H and O–H groups in total. The fourth-order valence-electron chi connectivity index (χ4n) is 2.30. The first-order chi connectivity index (χ1) is 11.0. The molecule has 1 aliphatic rings. The van der Waals surface area contributed by atoms with Gasteiger partial charge in [0.15, 0.2) is 0 Å². The second-order valence-corrected chi connectivity index (χ2v) is 6.92. The lowest BCUT2D eigenvalue weighted by Crippen LogP contribution is -2.41. The number of amides is 1. The number of nitrogens with one attached hydrogen (secondary N) is 1. The summed E-state index contributed by atoms with van der Waals surface area (Å²) in [5.74, 6) is -1.56. The van der Waals surface area contributed by atoms with Gasteiger partial charge in [-0.05, 0) is 50.9 Å². The smallest absolute Gasteiger partial charge is 0.400 e. The molecule has 0 spiro atoms. The molecule has 1 aromatic carbocycles. The van der Waals surface area contributed by atoms with Crippen LogP contribution in [0.15, 0.2) is 23.7 Å². The van der Waals surface area contributed by atoms with Crippen LogP contribution in [-0.4, -0.2) is 30.8 Å². The van der Waals surface area contributed by atoms with Gasteiger partial charge >= 0.3 is 7.12 Å². The van der Waals surface area contributed by atoms with Gasteiger partial charge in [-0.1, -0.05) is 6.08 Å². The predicted molar refractivity (Wildman–Crippen MR) is 89.1 cm³/mol. The number of hydrogen-bond acceptors (Lipinski definition) is 3. The maximum absolute atomic E-state index is 13.4. The maximum atomic E-state index is 13.4. The molecule has 0 saturated carbocycles. The third kappa shape index (κ3) is 4.21. The van der Waals surface area contributed by atoms with E-state index in [4.69, 9.17) is 9.31 Å². The quantitative estimate of drug-likeness (QED) is 0.859. The Kier molecular flexibility index (Phi) is 5.15. The lowest BCUT2D eigenvalue weighted by molar-refractivity contribution is -0.118. The molecule has 0 aromatic heterocycles. The summed E-state index contributed by atoms with van der Waals surface area (Å²) in [6, 6.07) is 3.23. The molecule has 7 heteroatoms. The van der Waals surface area contributed by atoms with E-state index in [2.05, 4.69) is 5.32 Å². The molecule has 0 unspecified atom stereocenters. The highest BCUT2D eigenvalue weighted by Gasteiger charge is 2.52. The zero-order chi connectivity index (χ0) is 18.1. The molecular formula is C17H22BF2NO3. The normalized spacial score (nSPS) is 19.5. The van der Waals surface area contributed by atoms with Gasteiger partial charge in [0.25, 0.3) is 0 Å². The van der Waals surface area contributed by atoms with Crippen LogP contribution in [0, 0.1) is 11.6 Å². The Morgan fingerprint density at radius 3 is 2.08 bits per heavy atom. The van der Waals surface area contributed by atoms with Gasteiger partial charge in [-0.25, -0.2) is 8.78 Å². The average molecular weight is 337 g/mol. The summed E-state index contributed by atoms with van der Waals surface area (Å²) in [5.41, 5.74) is -0.197. The lowest BCUT2D eigenvalue weighted by Gasteiger charge is -2.32. The van der Waals surface area contributed by atoms with E-state index in [-0.39, 0.29) is 12.5 Å².